The van der Waals surface area contributed by atoms with Gasteiger partial charge in [0, 0.05) is 54.6 Å². The van der Waals surface area contributed by atoms with E-state index < -0.39 is 0 Å². The van der Waals surface area contributed by atoms with Gasteiger partial charge in [-0.05, 0) is 36.2 Å². The number of rotatable bonds is 8. The van der Waals surface area contributed by atoms with Crippen molar-refractivity contribution in [1.29, 1.82) is 0 Å². The number of aryl methyl sites for hydroxylation is 1. The molecule has 2 amide bonds. The number of hydrogen-bond acceptors (Lipinski definition) is 4. The Labute approximate surface area is 203 Å². The van der Waals surface area contributed by atoms with Gasteiger partial charge in [0.15, 0.2) is 0 Å². The van der Waals surface area contributed by atoms with Crippen molar-refractivity contribution in [1.82, 2.24) is 14.9 Å². The van der Waals surface area contributed by atoms with E-state index in [0.717, 1.165) is 28.6 Å². The van der Waals surface area contributed by atoms with Crippen molar-refractivity contribution in [3.63, 3.8) is 0 Å². The van der Waals surface area contributed by atoms with Gasteiger partial charge in [0.25, 0.3) is 0 Å². The van der Waals surface area contributed by atoms with Gasteiger partial charge in [0.1, 0.15) is 11.5 Å². The van der Waals surface area contributed by atoms with Gasteiger partial charge >= 0.3 is 6.03 Å². The minimum absolute atomic E-state index is 0.0847. The predicted octanol–water partition coefficient (Wildman–Crippen LogP) is 5.68. The van der Waals surface area contributed by atoms with E-state index in [9.17, 15) is 4.79 Å². The van der Waals surface area contributed by atoms with Gasteiger partial charge in [-0.3, -0.25) is 4.98 Å². The number of fused-ring (bicyclic) bond motifs is 1. The van der Waals surface area contributed by atoms with Gasteiger partial charge in [-0.15, -0.1) is 0 Å². The number of hydrogen-bond donors (Lipinski definition) is 2. The fourth-order valence-electron chi connectivity index (χ4n) is 4.12. The number of nitrogens with one attached hydrogen (secondary N) is 2. The molecule has 0 saturated heterocycles. The normalized spacial score (nSPS) is 11.8. The van der Waals surface area contributed by atoms with E-state index in [1.807, 2.05) is 30.5 Å². The van der Waals surface area contributed by atoms with Crippen molar-refractivity contribution >= 4 is 34.2 Å². The van der Waals surface area contributed by atoms with Gasteiger partial charge in [0.05, 0.1) is 24.9 Å². The van der Waals surface area contributed by atoms with Crippen LogP contribution in [0, 0.1) is 0 Å². The smallest absolute Gasteiger partial charge is 0.319 e. The van der Waals surface area contributed by atoms with Gasteiger partial charge in [-0.25, -0.2) is 4.79 Å². The second-order valence-corrected chi connectivity index (χ2v) is 8.16. The second-order valence-electron chi connectivity index (χ2n) is 7.75. The molecule has 34 heavy (non-hydrogen) atoms. The number of anilines is 1. The van der Waals surface area contributed by atoms with Crippen LogP contribution in [0.15, 0.2) is 67.1 Å². The summed E-state index contributed by atoms with van der Waals surface area (Å²) in [7, 11) is 3.04. The SMILES string of the molecule is CCn1cc(C(CNC(=O)Nc2cc(Cl)c(OC)cc2OC)c2cccnc2)c2ccccc21. The minimum Gasteiger partial charge on any atom is -0.495 e. The minimum atomic E-state index is -0.368. The lowest BCUT2D eigenvalue weighted by molar-refractivity contribution is 0.251. The molecule has 4 rings (SSSR count). The molecule has 7 nitrogen and oxygen atoms in total. The van der Waals surface area contributed by atoms with E-state index in [1.54, 1.807) is 18.3 Å². The molecule has 4 aromatic rings. The Morgan fingerprint density at radius 1 is 1.12 bits per heavy atom. The number of urea groups is 1. The number of ether oxygens (including phenoxy) is 2. The highest BCUT2D eigenvalue weighted by molar-refractivity contribution is 6.32. The molecule has 2 aromatic heterocycles. The molecule has 0 spiro atoms. The first-order valence-electron chi connectivity index (χ1n) is 11.0. The maximum absolute atomic E-state index is 12.9. The van der Waals surface area contributed by atoms with Crippen LogP contribution in [0.25, 0.3) is 10.9 Å². The Bertz CT molecular complexity index is 1290. The zero-order chi connectivity index (χ0) is 24.1. The summed E-state index contributed by atoms with van der Waals surface area (Å²) in [6.45, 7) is 3.35. The molecular weight excluding hydrogens is 452 g/mol. The summed E-state index contributed by atoms with van der Waals surface area (Å²) >= 11 is 6.24. The van der Waals surface area contributed by atoms with Crippen LogP contribution in [-0.2, 0) is 6.54 Å². The highest BCUT2D eigenvalue weighted by Crippen LogP contribution is 2.36. The molecule has 176 valence electrons. The van der Waals surface area contributed by atoms with Crippen LogP contribution in [0.3, 0.4) is 0 Å². The molecule has 2 aromatic carbocycles. The fourth-order valence-corrected chi connectivity index (χ4v) is 4.36. The number of benzene rings is 2. The maximum atomic E-state index is 12.9. The number of para-hydroxylation sites is 1. The molecule has 0 aliphatic heterocycles. The molecule has 0 aliphatic carbocycles. The van der Waals surface area contributed by atoms with E-state index in [4.69, 9.17) is 21.1 Å². The van der Waals surface area contributed by atoms with E-state index in [2.05, 4.69) is 45.4 Å². The largest absolute Gasteiger partial charge is 0.495 e. The van der Waals surface area contributed by atoms with Crippen molar-refractivity contribution in [2.45, 2.75) is 19.4 Å². The van der Waals surface area contributed by atoms with Crippen molar-refractivity contribution < 1.29 is 14.3 Å². The predicted molar refractivity (Wildman–Crippen MR) is 135 cm³/mol. The number of carbonyl (C=O) groups is 1. The quantitative estimate of drug-likeness (QED) is 0.341. The summed E-state index contributed by atoms with van der Waals surface area (Å²) in [4.78, 5) is 17.2. The van der Waals surface area contributed by atoms with Crippen LogP contribution in [0.2, 0.25) is 5.02 Å². The van der Waals surface area contributed by atoms with Gasteiger partial charge in [-0.2, -0.15) is 0 Å². The van der Waals surface area contributed by atoms with Crippen LogP contribution in [0.1, 0.15) is 24.0 Å². The van der Waals surface area contributed by atoms with Gasteiger partial charge in [0.2, 0.25) is 0 Å². The Morgan fingerprint density at radius 3 is 2.62 bits per heavy atom. The van der Waals surface area contributed by atoms with Crippen LogP contribution in [-0.4, -0.2) is 36.3 Å². The van der Waals surface area contributed by atoms with E-state index >= 15 is 0 Å². The number of amides is 2. The third-order valence-corrected chi connectivity index (χ3v) is 6.11. The number of nitrogens with zero attached hydrogens (tertiary/aromatic N) is 2. The molecule has 0 saturated carbocycles. The highest BCUT2D eigenvalue weighted by Gasteiger charge is 2.21. The fraction of sp³-hybridized carbons (Fsp3) is 0.231. The van der Waals surface area contributed by atoms with E-state index in [-0.39, 0.29) is 11.9 Å². The topological polar surface area (TPSA) is 77.4 Å². The molecule has 8 heteroatoms. The number of aromatic nitrogens is 2. The summed E-state index contributed by atoms with van der Waals surface area (Å²) in [6.07, 6.45) is 5.75. The van der Waals surface area contributed by atoms with Gasteiger partial charge in [-0.1, -0.05) is 35.9 Å². The summed E-state index contributed by atoms with van der Waals surface area (Å²) in [5.74, 6) is 0.832. The molecule has 2 heterocycles. The molecule has 2 N–H and O–H groups in total. The first kappa shape index (κ1) is 23.4. The molecule has 1 unspecified atom stereocenters. The third kappa shape index (κ3) is 4.79. The average molecular weight is 479 g/mol. The Morgan fingerprint density at radius 2 is 1.91 bits per heavy atom. The number of pyridine rings is 1. The van der Waals surface area contributed by atoms with Crippen LogP contribution in [0.5, 0.6) is 11.5 Å². The Kier molecular flexibility index (Phi) is 7.23. The Balaban J connectivity index is 1.60. The van der Waals surface area contributed by atoms with Gasteiger partial charge < -0.3 is 24.7 Å². The molecule has 0 fully saturated rings. The van der Waals surface area contributed by atoms with Crippen LogP contribution in [0.4, 0.5) is 10.5 Å². The lowest BCUT2D eigenvalue weighted by Gasteiger charge is -2.19. The van der Waals surface area contributed by atoms with Crippen molar-refractivity contribution in [2.24, 2.45) is 0 Å². The lowest BCUT2D eigenvalue weighted by atomic mass is 9.92. The third-order valence-electron chi connectivity index (χ3n) is 5.81. The standard InChI is InChI=1S/C26H27ClN4O3/c1-4-31-16-20(18-9-5-6-10-23(18)31)19(17-8-7-11-28-14-17)15-29-26(32)30-22-12-21(27)24(33-2)13-25(22)34-3/h5-14,16,19H,4,15H2,1-3H3,(H2,29,30,32). The molecule has 0 radical (unpaired) electrons. The first-order chi connectivity index (χ1) is 16.5. The number of methoxy groups -OCH3 is 2. The summed E-state index contributed by atoms with van der Waals surface area (Å²) in [5, 5.41) is 7.36. The van der Waals surface area contributed by atoms with E-state index in [0.29, 0.717) is 28.8 Å². The zero-order valence-corrected chi connectivity index (χ0v) is 20.1. The van der Waals surface area contributed by atoms with Crippen LogP contribution < -0.4 is 20.1 Å². The average Bonchev–Trinajstić information content (AvgIpc) is 3.24. The summed E-state index contributed by atoms with van der Waals surface area (Å²) in [6, 6.07) is 15.1. The zero-order valence-electron chi connectivity index (χ0n) is 19.3. The monoisotopic (exact) mass is 478 g/mol. The Hall–Kier alpha value is -3.71. The van der Waals surface area contributed by atoms with Crippen molar-refractivity contribution in [2.75, 3.05) is 26.1 Å². The van der Waals surface area contributed by atoms with E-state index in [1.165, 1.54) is 14.2 Å². The van der Waals surface area contributed by atoms with Crippen molar-refractivity contribution in [3.8, 4) is 11.5 Å². The molecule has 0 aliphatic rings. The highest BCUT2D eigenvalue weighted by atomic mass is 35.5. The van der Waals surface area contributed by atoms with Crippen molar-refractivity contribution in [3.05, 3.63) is 83.3 Å². The second kappa shape index (κ2) is 10.5. The van der Waals surface area contributed by atoms with Crippen LogP contribution >= 0.6 is 11.6 Å². The number of halogens is 1. The summed E-state index contributed by atoms with van der Waals surface area (Å²) < 4.78 is 12.8. The molecular formula is C26H27ClN4O3. The number of carbonyl (C=O) groups excluding carboxylic acids is 1. The summed E-state index contributed by atoms with van der Waals surface area (Å²) in [5.41, 5.74) is 3.77. The molecule has 0 bridgehead atoms. The maximum Gasteiger partial charge on any atom is 0.319 e. The molecule has 1 atom stereocenters. The first-order valence-corrected chi connectivity index (χ1v) is 11.4. The lowest BCUT2D eigenvalue weighted by Crippen LogP contribution is -2.33.